The maximum Gasteiger partial charge on any atom is 0.306 e. The third-order valence-corrected chi connectivity index (χ3v) is 3.88. The van der Waals surface area contributed by atoms with E-state index in [1.807, 2.05) is 0 Å². The SMILES string of the molecule is COCc1cc(=O)c(O)c([C@@H](CC(=O)OC)c2ccc(O)c(Cl)c2)o1. The molecule has 0 saturated heterocycles. The van der Waals surface area contributed by atoms with E-state index in [-0.39, 0.29) is 35.3 Å². The number of ether oxygens (including phenoxy) is 2. The highest BCUT2D eigenvalue weighted by atomic mass is 35.5. The molecule has 0 fully saturated rings. The van der Waals surface area contributed by atoms with Gasteiger partial charge < -0.3 is 24.1 Å². The van der Waals surface area contributed by atoms with Crippen molar-refractivity contribution in [2.45, 2.75) is 18.9 Å². The molecule has 0 aliphatic carbocycles. The molecular formula is C17H17ClO7. The second-order valence-electron chi connectivity index (χ2n) is 5.27. The van der Waals surface area contributed by atoms with Crippen LogP contribution in [-0.2, 0) is 20.9 Å². The van der Waals surface area contributed by atoms with E-state index >= 15 is 0 Å². The zero-order valence-electron chi connectivity index (χ0n) is 13.6. The number of methoxy groups -OCH3 is 2. The van der Waals surface area contributed by atoms with Crippen molar-refractivity contribution in [1.82, 2.24) is 0 Å². The molecule has 2 aromatic rings. The van der Waals surface area contributed by atoms with Gasteiger partial charge in [-0.25, -0.2) is 0 Å². The maximum absolute atomic E-state index is 12.0. The van der Waals surface area contributed by atoms with E-state index in [1.165, 1.54) is 32.4 Å². The Labute approximate surface area is 148 Å². The summed E-state index contributed by atoms with van der Waals surface area (Å²) in [5.74, 6) is -2.07. The number of phenols is 1. The average molecular weight is 369 g/mol. The highest BCUT2D eigenvalue weighted by Crippen LogP contribution is 2.36. The molecule has 0 aliphatic heterocycles. The highest BCUT2D eigenvalue weighted by molar-refractivity contribution is 6.32. The van der Waals surface area contributed by atoms with Gasteiger partial charge in [-0.05, 0) is 17.7 Å². The quantitative estimate of drug-likeness (QED) is 0.754. The number of phenolic OH excluding ortho intramolecular Hbond substituents is 1. The Bertz CT molecular complexity index is 828. The van der Waals surface area contributed by atoms with Crippen LogP contribution in [-0.4, -0.2) is 30.4 Å². The molecule has 7 nitrogen and oxygen atoms in total. The first-order valence-electron chi connectivity index (χ1n) is 7.27. The van der Waals surface area contributed by atoms with Crippen molar-refractivity contribution < 1.29 is 28.9 Å². The van der Waals surface area contributed by atoms with Gasteiger partial charge in [0, 0.05) is 13.2 Å². The van der Waals surface area contributed by atoms with Crippen molar-refractivity contribution in [1.29, 1.82) is 0 Å². The summed E-state index contributed by atoms with van der Waals surface area (Å²) in [5.41, 5.74) is -0.200. The van der Waals surface area contributed by atoms with Crippen molar-refractivity contribution in [3.8, 4) is 11.5 Å². The normalized spacial score (nSPS) is 12.0. The summed E-state index contributed by atoms with van der Waals surface area (Å²) in [5, 5.41) is 19.8. The molecule has 0 bridgehead atoms. The van der Waals surface area contributed by atoms with Crippen LogP contribution in [0.2, 0.25) is 5.02 Å². The summed E-state index contributed by atoms with van der Waals surface area (Å²) in [7, 11) is 2.65. The molecule has 2 N–H and O–H groups in total. The van der Waals surface area contributed by atoms with Crippen LogP contribution in [0.5, 0.6) is 11.5 Å². The van der Waals surface area contributed by atoms with Crippen LogP contribution in [0.1, 0.15) is 29.4 Å². The number of aromatic hydroxyl groups is 2. The number of hydrogen-bond donors (Lipinski definition) is 2. The Balaban J connectivity index is 2.61. The number of benzene rings is 1. The molecule has 1 atom stereocenters. The lowest BCUT2D eigenvalue weighted by atomic mass is 9.92. The predicted molar refractivity (Wildman–Crippen MR) is 88.9 cm³/mol. The molecule has 25 heavy (non-hydrogen) atoms. The molecule has 0 aliphatic rings. The summed E-state index contributed by atoms with van der Waals surface area (Å²) in [6.45, 7) is 0.0177. The lowest BCUT2D eigenvalue weighted by molar-refractivity contribution is -0.140. The minimum absolute atomic E-state index is 0.0177. The number of halogens is 1. The summed E-state index contributed by atoms with van der Waals surface area (Å²) >= 11 is 5.93. The summed E-state index contributed by atoms with van der Waals surface area (Å²) in [6.07, 6.45) is -0.204. The number of hydrogen-bond acceptors (Lipinski definition) is 7. The highest BCUT2D eigenvalue weighted by Gasteiger charge is 2.27. The first-order chi connectivity index (χ1) is 11.9. The van der Waals surface area contributed by atoms with E-state index in [4.69, 9.17) is 20.8 Å². The van der Waals surface area contributed by atoms with Crippen LogP contribution in [0, 0.1) is 0 Å². The fraction of sp³-hybridized carbons (Fsp3) is 0.294. The molecule has 1 aromatic carbocycles. The van der Waals surface area contributed by atoms with E-state index < -0.39 is 23.1 Å². The molecule has 0 spiro atoms. The molecule has 2 rings (SSSR count). The van der Waals surface area contributed by atoms with Crippen molar-refractivity contribution in [2.24, 2.45) is 0 Å². The van der Waals surface area contributed by atoms with Crippen molar-refractivity contribution >= 4 is 17.6 Å². The number of rotatable bonds is 6. The van der Waals surface area contributed by atoms with E-state index in [2.05, 4.69) is 4.74 Å². The minimum atomic E-state index is -0.838. The molecule has 0 unspecified atom stereocenters. The second-order valence-corrected chi connectivity index (χ2v) is 5.67. The van der Waals surface area contributed by atoms with Crippen molar-refractivity contribution in [3.63, 3.8) is 0 Å². The van der Waals surface area contributed by atoms with Gasteiger partial charge in [0.15, 0.2) is 5.76 Å². The van der Waals surface area contributed by atoms with Gasteiger partial charge in [0.2, 0.25) is 11.2 Å². The fourth-order valence-corrected chi connectivity index (χ4v) is 2.55. The number of carbonyl (C=O) groups is 1. The van der Waals surface area contributed by atoms with Gasteiger partial charge >= 0.3 is 5.97 Å². The Morgan fingerprint density at radius 3 is 2.60 bits per heavy atom. The lowest BCUT2D eigenvalue weighted by Crippen LogP contribution is -2.14. The van der Waals surface area contributed by atoms with Crippen molar-refractivity contribution in [2.75, 3.05) is 14.2 Å². The third kappa shape index (κ3) is 4.32. The summed E-state index contributed by atoms with van der Waals surface area (Å²) in [6, 6.07) is 5.39. The van der Waals surface area contributed by atoms with Gasteiger partial charge in [0.05, 0.1) is 24.5 Å². The molecule has 0 radical (unpaired) electrons. The van der Waals surface area contributed by atoms with Gasteiger partial charge in [0.25, 0.3) is 0 Å². The predicted octanol–water partition coefficient (Wildman–Crippen LogP) is 2.55. The Hall–Kier alpha value is -2.51. The van der Waals surface area contributed by atoms with Gasteiger partial charge in [0.1, 0.15) is 18.1 Å². The maximum atomic E-state index is 12.0. The molecule has 1 heterocycles. The minimum Gasteiger partial charge on any atom is -0.506 e. The average Bonchev–Trinajstić information content (AvgIpc) is 2.58. The Morgan fingerprint density at radius 1 is 1.28 bits per heavy atom. The van der Waals surface area contributed by atoms with E-state index in [9.17, 15) is 19.8 Å². The Morgan fingerprint density at radius 2 is 2.00 bits per heavy atom. The molecule has 134 valence electrons. The zero-order valence-corrected chi connectivity index (χ0v) is 14.4. The molecule has 0 saturated carbocycles. The third-order valence-electron chi connectivity index (χ3n) is 3.58. The largest absolute Gasteiger partial charge is 0.506 e. The molecule has 0 amide bonds. The van der Waals surface area contributed by atoms with Crippen LogP contribution < -0.4 is 5.43 Å². The Kier molecular flexibility index (Phi) is 6.06. The van der Waals surface area contributed by atoms with Crippen LogP contribution >= 0.6 is 11.6 Å². The van der Waals surface area contributed by atoms with Crippen LogP contribution in [0.4, 0.5) is 0 Å². The van der Waals surface area contributed by atoms with E-state index in [1.54, 1.807) is 0 Å². The summed E-state index contributed by atoms with van der Waals surface area (Å²) in [4.78, 5) is 23.8. The second kappa shape index (κ2) is 8.04. The first-order valence-corrected chi connectivity index (χ1v) is 7.65. The van der Waals surface area contributed by atoms with Crippen LogP contribution in [0.15, 0.2) is 33.5 Å². The fourth-order valence-electron chi connectivity index (χ4n) is 2.36. The molecule has 8 heteroatoms. The topological polar surface area (TPSA) is 106 Å². The molecule has 1 aromatic heterocycles. The van der Waals surface area contributed by atoms with Gasteiger partial charge in [-0.3, -0.25) is 9.59 Å². The van der Waals surface area contributed by atoms with Gasteiger partial charge in [-0.15, -0.1) is 0 Å². The van der Waals surface area contributed by atoms with Crippen LogP contribution in [0.3, 0.4) is 0 Å². The lowest BCUT2D eigenvalue weighted by Gasteiger charge is -2.18. The van der Waals surface area contributed by atoms with E-state index in [0.717, 1.165) is 6.07 Å². The molecular weight excluding hydrogens is 352 g/mol. The number of esters is 1. The smallest absolute Gasteiger partial charge is 0.306 e. The first kappa shape index (κ1) is 18.8. The van der Waals surface area contributed by atoms with Crippen molar-refractivity contribution in [3.05, 3.63) is 56.6 Å². The van der Waals surface area contributed by atoms with Crippen LogP contribution in [0.25, 0.3) is 0 Å². The standard InChI is InChI=1S/C17H17ClO7/c1-23-8-10-6-14(20)16(22)17(25-10)11(7-15(21)24-2)9-3-4-13(19)12(18)5-9/h3-6,11,19,22H,7-8H2,1-2H3/t11-/m0/s1. The van der Waals surface area contributed by atoms with Gasteiger partial charge in [-0.2, -0.15) is 0 Å². The van der Waals surface area contributed by atoms with Gasteiger partial charge in [-0.1, -0.05) is 17.7 Å². The summed E-state index contributed by atoms with van der Waals surface area (Å²) < 4.78 is 15.2. The zero-order chi connectivity index (χ0) is 18.6. The van der Waals surface area contributed by atoms with E-state index in [0.29, 0.717) is 5.56 Å². The monoisotopic (exact) mass is 368 g/mol. The number of carbonyl (C=O) groups excluding carboxylic acids is 1.